The molecular weight excluding hydrogens is 342 g/mol. The van der Waals surface area contributed by atoms with Crippen LogP contribution in [0.1, 0.15) is 18.4 Å². The highest BCUT2D eigenvalue weighted by atomic mass is 16.7. The van der Waals surface area contributed by atoms with Crippen molar-refractivity contribution in [2.45, 2.75) is 12.8 Å². The number of rotatable bonds is 4. The van der Waals surface area contributed by atoms with Crippen LogP contribution < -0.4 is 10.8 Å². The second kappa shape index (κ2) is 8.62. The van der Waals surface area contributed by atoms with Crippen molar-refractivity contribution >= 4 is 17.7 Å². The van der Waals surface area contributed by atoms with Gasteiger partial charge >= 0.3 is 12.0 Å². The topological polar surface area (TPSA) is 80.3 Å². The van der Waals surface area contributed by atoms with Gasteiger partial charge in [0.15, 0.2) is 0 Å². The fraction of sp³-hybridized carbons (Fsp3) is 0.0952. The normalized spacial score (nSPS) is 11.3. The monoisotopic (exact) mass is 361 g/mol. The quantitative estimate of drug-likeness (QED) is 0.685. The van der Waals surface area contributed by atoms with Crippen LogP contribution in [-0.2, 0) is 9.63 Å². The average Bonchev–Trinajstić information content (AvgIpc) is 2.73. The van der Waals surface area contributed by atoms with Crippen LogP contribution in [0.25, 0.3) is 11.1 Å². The smallest absolute Gasteiger partial charge is 0.339 e. The van der Waals surface area contributed by atoms with Crippen LogP contribution in [0.4, 0.5) is 10.5 Å². The number of benzene rings is 2. The second-order valence-electron chi connectivity index (χ2n) is 5.92. The predicted octanol–water partition coefficient (Wildman–Crippen LogP) is 4.13. The molecule has 0 saturated carbocycles. The Bertz CT molecular complexity index is 897. The Hall–Kier alpha value is -3.67. The van der Waals surface area contributed by atoms with Crippen molar-refractivity contribution in [1.82, 2.24) is 10.5 Å². The van der Waals surface area contributed by atoms with Gasteiger partial charge < -0.3 is 10.2 Å². The number of hydrogen-bond donors (Lipinski definition) is 2. The summed E-state index contributed by atoms with van der Waals surface area (Å²) in [6.45, 7) is 1.72. The van der Waals surface area contributed by atoms with Gasteiger partial charge in [0.25, 0.3) is 0 Å². The van der Waals surface area contributed by atoms with Gasteiger partial charge in [0.05, 0.1) is 5.92 Å². The molecular formula is C21H19N3O3. The number of carbonyl (C=O) groups excluding carboxylic acids is 2. The van der Waals surface area contributed by atoms with Gasteiger partial charge in [0, 0.05) is 18.1 Å². The van der Waals surface area contributed by atoms with Gasteiger partial charge in [-0.2, -0.15) is 5.48 Å². The third kappa shape index (κ3) is 4.92. The third-order valence-electron chi connectivity index (χ3n) is 4.05. The molecule has 0 fully saturated rings. The van der Waals surface area contributed by atoms with E-state index in [0.717, 1.165) is 16.7 Å². The maximum absolute atomic E-state index is 12.0. The van der Waals surface area contributed by atoms with Gasteiger partial charge in [0.1, 0.15) is 0 Å². The molecule has 2 amide bonds. The van der Waals surface area contributed by atoms with Crippen LogP contribution in [0.15, 0.2) is 79.1 Å². The van der Waals surface area contributed by atoms with E-state index in [4.69, 9.17) is 4.84 Å². The van der Waals surface area contributed by atoms with Crippen molar-refractivity contribution < 1.29 is 14.4 Å². The number of carbonyl (C=O) groups is 2. The highest BCUT2D eigenvalue weighted by molar-refractivity contribution is 5.90. The number of amides is 2. The molecule has 2 aromatic carbocycles. The number of aromatic nitrogens is 1. The van der Waals surface area contributed by atoms with E-state index >= 15 is 0 Å². The third-order valence-corrected chi connectivity index (χ3v) is 4.05. The van der Waals surface area contributed by atoms with E-state index < -0.39 is 17.9 Å². The maximum atomic E-state index is 12.0. The Morgan fingerprint density at radius 2 is 1.52 bits per heavy atom. The molecule has 27 heavy (non-hydrogen) atoms. The molecule has 136 valence electrons. The molecule has 6 nitrogen and oxygen atoms in total. The first-order valence-electron chi connectivity index (χ1n) is 8.46. The zero-order valence-corrected chi connectivity index (χ0v) is 14.8. The molecule has 0 unspecified atom stereocenters. The lowest BCUT2D eigenvalue weighted by atomic mass is 10.0. The van der Waals surface area contributed by atoms with E-state index in [9.17, 15) is 9.59 Å². The Balaban J connectivity index is 1.51. The zero-order chi connectivity index (χ0) is 19.1. The van der Waals surface area contributed by atoms with Gasteiger partial charge in [-0.25, -0.2) is 9.59 Å². The Morgan fingerprint density at radius 3 is 2.19 bits per heavy atom. The molecule has 0 spiro atoms. The fourth-order valence-electron chi connectivity index (χ4n) is 2.51. The lowest BCUT2D eigenvalue weighted by molar-refractivity contribution is -0.149. The molecule has 0 radical (unpaired) electrons. The van der Waals surface area contributed by atoms with E-state index in [1.807, 2.05) is 54.6 Å². The summed E-state index contributed by atoms with van der Waals surface area (Å²) in [5.41, 5.74) is 5.56. The van der Waals surface area contributed by atoms with Gasteiger partial charge in [-0.05, 0) is 47.9 Å². The Kier molecular flexibility index (Phi) is 5.79. The molecule has 0 bridgehead atoms. The molecule has 0 aliphatic rings. The van der Waals surface area contributed by atoms with E-state index in [2.05, 4.69) is 15.8 Å². The van der Waals surface area contributed by atoms with Crippen molar-refractivity contribution in [3.8, 4) is 11.1 Å². The van der Waals surface area contributed by atoms with Crippen molar-refractivity contribution in [2.24, 2.45) is 0 Å². The predicted molar refractivity (Wildman–Crippen MR) is 103 cm³/mol. The molecule has 1 aromatic heterocycles. The summed E-state index contributed by atoms with van der Waals surface area (Å²) in [6, 6.07) is 19.7. The SMILES string of the molecule is C[C@@H](C(=O)ONC(=O)Nc1ccc(-c2ccncc2)cc1)c1ccccc1. The zero-order valence-electron chi connectivity index (χ0n) is 14.8. The largest absolute Gasteiger partial charge is 0.352 e. The minimum Gasteiger partial charge on any atom is -0.339 e. The van der Waals surface area contributed by atoms with Crippen molar-refractivity contribution in [3.63, 3.8) is 0 Å². The molecule has 3 aromatic rings. The van der Waals surface area contributed by atoms with Gasteiger partial charge in [-0.15, -0.1) is 0 Å². The van der Waals surface area contributed by atoms with E-state index in [0.29, 0.717) is 5.69 Å². The molecule has 1 heterocycles. The summed E-state index contributed by atoms with van der Waals surface area (Å²) in [4.78, 5) is 32.8. The Labute approximate surface area is 157 Å². The molecule has 6 heteroatoms. The number of hydroxylamine groups is 1. The minimum absolute atomic E-state index is 0.480. The number of nitrogens with one attached hydrogen (secondary N) is 2. The molecule has 1 atom stereocenters. The number of pyridine rings is 1. The minimum atomic E-state index is -0.625. The summed E-state index contributed by atoms with van der Waals surface area (Å²) in [5, 5.41) is 2.62. The van der Waals surface area contributed by atoms with Gasteiger partial charge in [0.2, 0.25) is 0 Å². The second-order valence-corrected chi connectivity index (χ2v) is 5.92. The van der Waals surface area contributed by atoms with Gasteiger partial charge in [-0.3, -0.25) is 4.98 Å². The number of urea groups is 1. The van der Waals surface area contributed by atoms with Crippen molar-refractivity contribution in [3.05, 3.63) is 84.7 Å². The van der Waals surface area contributed by atoms with Crippen LogP contribution in [0.3, 0.4) is 0 Å². The average molecular weight is 361 g/mol. The van der Waals surface area contributed by atoms with Crippen molar-refractivity contribution in [2.75, 3.05) is 5.32 Å². The van der Waals surface area contributed by atoms with Gasteiger partial charge in [-0.1, -0.05) is 42.5 Å². The number of nitrogens with zero attached hydrogens (tertiary/aromatic N) is 1. The summed E-state index contributed by atoms with van der Waals surface area (Å²) < 4.78 is 0. The van der Waals surface area contributed by atoms with Crippen LogP contribution >= 0.6 is 0 Å². The molecule has 0 aliphatic heterocycles. The number of hydrogen-bond acceptors (Lipinski definition) is 4. The molecule has 3 rings (SSSR count). The molecule has 2 N–H and O–H groups in total. The summed E-state index contributed by atoms with van der Waals surface area (Å²) in [7, 11) is 0. The van der Waals surface area contributed by atoms with E-state index in [-0.39, 0.29) is 0 Å². The highest BCUT2D eigenvalue weighted by Crippen LogP contribution is 2.20. The van der Waals surface area contributed by atoms with E-state index in [1.54, 1.807) is 31.5 Å². The molecule has 0 saturated heterocycles. The number of anilines is 1. The van der Waals surface area contributed by atoms with Crippen molar-refractivity contribution in [1.29, 1.82) is 0 Å². The first kappa shape index (κ1) is 18.1. The van der Waals surface area contributed by atoms with Crippen LogP contribution in [-0.4, -0.2) is 17.0 Å². The highest BCUT2D eigenvalue weighted by Gasteiger charge is 2.18. The lowest BCUT2D eigenvalue weighted by Gasteiger charge is -2.12. The first-order chi connectivity index (χ1) is 13.1. The maximum Gasteiger partial charge on any atom is 0.352 e. The summed E-state index contributed by atoms with van der Waals surface area (Å²) >= 11 is 0. The Morgan fingerprint density at radius 1 is 0.889 bits per heavy atom. The van der Waals surface area contributed by atoms with Crippen LogP contribution in [0.2, 0.25) is 0 Å². The molecule has 0 aliphatic carbocycles. The standard InChI is InChI=1S/C21H19N3O3/c1-15(16-5-3-2-4-6-16)20(25)27-24-21(26)23-19-9-7-17(8-10-19)18-11-13-22-14-12-18/h2-15H,1H3,(H2,23,24,26)/t15-/m1/s1. The van der Waals surface area contributed by atoms with Crippen LogP contribution in [0.5, 0.6) is 0 Å². The lowest BCUT2D eigenvalue weighted by Crippen LogP contribution is -2.32. The summed E-state index contributed by atoms with van der Waals surface area (Å²) in [5.74, 6) is -1.02. The first-order valence-corrected chi connectivity index (χ1v) is 8.46. The fourth-order valence-corrected chi connectivity index (χ4v) is 2.51. The summed E-state index contributed by atoms with van der Waals surface area (Å²) in [6.07, 6.45) is 3.44. The van der Waals surface area contributed by atoms with E-state index in [1.165, 1.54) is 0 Å². The van der Waals surface area contributed by atoms with Crippen LogP contribution in [0, 0.1) is 0 Å².